The molecule has 2 aliphatic rings. The van der Waals surface area contributed by atoms with E-state index in [2.05, 4.69) is 36.1 Å². The van der Waals surface area contributed by atoms with Crippen molar-refractivity contribution in [3.05, 3.63) is 64.2 Å². The number of aryl methyl sites for hydroxylation is 1. The molecule has 0 N–H and O–H groups in total. The number of ether oxygens (including phenoxy) is 1. The summed E-state index contributed by atoms with van der Waals surface area (Å²) in [6.07, 6.45) is 0.199. The molecule has 136 valence electrons. The van der Waals surface area contributed by atoms with Crippen LogP contribution in [0, 0.1) is 6.92 Å². The van der Waals surface area contributed by atoms with E-state index in [0.29, 0.717) is 11.4 Å². The topological polar surface area (TPSA) is 32.8 Å². The molecule has 1 saturated heterocycles. The first-order chi connectivity index (χ1) is 12.6. The number of benzene rings is 2. The molecule has 0 aliphatic carbocycles. The normalized spacial score (nSPS) is 19.9. The number of nitrogens with zero attached hydrogens (tertiary/aromatic N) is 2. The highest BCUT2D eigenvalue weighted by Crippen LogP contribution is 2.31. The van der Waals surface area contributed by atoms with Gasteiger partial charge in [0.15, 0.2) is 6.10 Å². The standard InChI is InChI=1S/C21H23ClN2O2/c1-15-3-2-4-16(11-15)14-23-7-9-24(10-8-23)21(25)20-13-17-12-18(22)5-6-19(17)26-20/h2-6,11-12,20H,7-10,13-14H2,1H3/t20-/m1/s1. The minimum atomic E-state index is -0.410. The van der Waals surface area contributed by atoms with Gasteiger partial charge in [-0.05, 0) is 36.2 Å². The van der Waals surface area contributed by atoms with Crippen molar-refractivity contribution in [2.75, 3.05) is 26.2 Å². The minimum absolute atomic E-state index is 0.0903. The minimum Gasteiger partial charge on any atom is -0.480 e. The van der Waals surface area contributed by atoms with Crippen molar-refractivity contribution in [2.24, 2.45) is 0 Å². The van der Waals surface area contributed by atoms with Crippen LogP contribution in [0.4, 0.5) is 0 Å². The van der Waals surface area contributed by atoms with Crippen LogP contribution >= 0.6 is 11.6 Å². The van der Waals surface area contributed by atoms with Gasteiger partial charge in [-0.2, -0.15) is 0 Å². The van der Waals surface area contributed by atoms with Crippen molar-refractivity contribution in [3.8, 4) is 5.75 Å². The van der Waals surface area contributed by atoms with E-state index in [1.54, 1.807) is 6.07 Å². The van der Waals surface area contributed by atoms with Crippen LogP contribution < -0.4 is 4.74 Å². The number of halogens is 1. The fraction of sp³-hybridized carbons (Fsp3) is 0.381. The summed E-state index contributed by atoms with van der Waals surface area (Å²) in [5.74, 6) is 0.873. The van der Waals surface area contributed by atoms with Crippen LogP contribution in [0.2, 0.25) is 5.02 Å². The SMILES string of the molecule is Cc1cccc(CN2CCN(C(=O)[C@H]3Cc4cc(Cl)ccc4O3)CC2)c1. The van der Waals surface area contributed by atoms with Crippen molar-refractivity contribution in [1.29, 1.82) is 0 Å². The maximum atomic E-state index is 12.8. The summed E-state index contributed by atoms with van der Waals surface area (Å²) in [5, 5.41) is 0.685. The van der Waals surface area contributed by atoms with Gasteiger partial charge in [0.25, 0.3) is 5.91 Å². The third kappa shape index (κ3) is 3.71. The quantitative estimate of drug-likeness (QED) is 0.831. The number of carbonyl (C=O) groups is 1. The lowest BCUT2D eigenvalue weighted by molar-refractivity contribution is -0.139. The highest BCUT2D eigenvalue weighted by atomic mass is 35.5. The van der Waals surface area contributed by atoms with Gasteiger partial charge in [-0.15, -0.1) is 0 Å². The number of hydrogen-bond donors (Lipinski definition) is 0. The number of fused-ring (bicyclic) bond motifs is 1. The summed E-state index contributed by atoms with van der Waals surface area (Å²) in [4.78, 5) is 17.2. The molecule has 4 nitrogen and oxygen atoms in total. The average molecular weight is 371 g/mol. The summed E-state index contributed by atoms with van der Waals surface area (Å²) in [6, 6.07) is 14.2. The second-order valence-electron chi connectivity index (χ2n) is 7.15. The van der Waals surface area contributed by atoms with Crippen LogP contribution in [-0.4, -0.2) is 48.0 Å². The Hall–Kier alpha value is -2.04. The Morgan fingerprint density at radius 2 is 1.96 bits per heavy atom. The number of hydrogen-bond acceptors (Lipinski definition) is 3. The number of amides is 1. The molecule has 0 saturated carbocycles. The third-order valence-electron chi connectivity index (χ3n) is 5.15. The van der Waals surface area contributed by atoms with E-state index in [9.17, 15) is 4.79 Å². The van der Waals surface area contributed by atoms with Crippen molar-refractivity contribution in [3.63, 3.8) is 0 Å². The maximum absolute atomic E-state index is 12.8. The highest BCUT2D eigenvalue weighted by molar-refractivity contribution is 6.30. The lowest BCUT2D eigenvalue weighted by Gasteiger charge is -2.35. The van der Waals surface area contributed by atoms with Gasteiger partial charge in [-0.25, -0.2) is 0 Å². The Morgan fingerprint density at radius 1 is 1.15 bits per heavy atom. The molecule has 1 amide bonds. The van der Waals surface area contributed by atoms with Gasteiger partial charge in [0.05, 0.1) is 0 Å². The Kier molecular flexibility index (Phi) is 4.88. The average Bonchev–Trinajstić information content (AvgIpc) is 3.05. The molecule has 0 unspecified atom stereocenters. The predicted molar refractivity (Wildman–Crippen MR) is 103 cm³/mol. The van der Waals surface area contributed by atoms with Gasteiger partial charge < -0.3 is 9.64 Å². The Bertz CT molecular complexity index is 815. The fourth-order valence-electron chi connectivity index (χ4n) is 3.75. The molecule has 0 spiro atoms. The zero-order chi connectivity index (χ0) is 18.1. The molecule has 26 heavy (non-hydrogen) atoms. The van der Waals surface area contributed by atoms with Gasteiger partial charge >= 0.3 is 0 Å². The zero-order valence-corrected chi connectivity index (χ0v) is 15.7. The van der Waals surface area contributed by atoms with Gasteiger partial charge in [-0.3, -0.25) is 9.69 Å². The van der Waals surface area contributed by atoms with Gasteiger partial charge in [0.2, 0.25) is 0 Å². The van der Waals surface area contributed by atoms with Crippen molar-refractivity contribution >= 4 is 17.5 Å². The van der Waals surface area contributed by atoms with Gasteiger partial charge in [0, 0.05) is 44.2 Å². The summed E-state index contributed by atoms with van der Waals surface area (Å²) < 4.78 is 5.85. The van der Waals surface area contributed by atoms with E-state index in [-0.39, 0.29) is 5.91 Å². The molecule has 0 aromatic heterocycles. The molecule has 1 fully saturated rings. The van der Waals surface area contributed by atoms with Gasteiger partial charge in [0.1, 0.15) is 5.75 Å². The monoisotopic (exact) mass is 370 g/mol. The maximum Gasteiger partial charge on any atom is 0.264 e. The smallest absolute Gasteiger partial charge is 0.264 e. The summed E-state index contributed by atoms with van der Waals surface area (Å²) >= 11 is 6.04. The van der Waals surface area contributed by atoms with Gasteiger partial charge in [-0.1, -0.05) is 41.4 Å². The first kappa shape index (κ1) is 17.4. The van der Waals surface area contributed by atoms with Crippen molar-refractivity contribution in [2.45, 2.75) is 26.0 Å². The Balaban J connectivity index is 1.31. The molecule has 4 rings (SSSR count). The van der Waals surface area contributed by atoms with E-state index in [1.165, 1.54) is 11.1 Å². The molecular formula is C21H23ClN2O2. The second-order valence-corrected chi connectivity index (χ2v) is 7.59. The van der Waals surface area contributed by atoms with Crippen LogP contribution in [0.3, 0.4) is 0 Å². The summed E-state index contributed by atoms with van der Waals surface area (Å²) in [5.41, 5.74) is 3.64. The summed E-state index contributed by atoms with van der Waals surface area (Å²) in [7, 11) is 0. The van der Waals surface area contributed by atoms with Crippen LogP contribution in [0.15, 0.2) is 42.5 Å². The molecule has 2 aliphatic heterocycles. The molecule has 2 aromatic carbocycles. The van der Waals surface area contributed by atoms with E-state index in [1.807, 2.05) is 17.0 Å². The Labute approximate surface area is 159 Å². The first-order valence-electron chi connectivity index (χ1n) is 9.10. The van der Waals surface area contributed by atoms with Crippen LogP contribution in [0.1, 0.15) is 16.7 Å². The largest absolute Gasteiger partial charge is 0.480 e. The van der Waals surface area contributed by atoms with E-state index < -0.39 is 6.10 Å². The number of piperazine rings is 1. The van der Waals surface area contributed by atoms with Crippen LogP contribution in [0.25, 0.3) is 0 Å². The molecule has 2 heterocycles. The lowest BCUT2D eigenvalue weighted by atomic mass is 10.1. The Morgan fingerprint density at radius 3 is 2.73 bits per heavy atom. The molecule has 0 bridgehead atoms. The van der Waals surface area contributed by atoms with E-state index in [0.717, 1.165) is 44.0 Å². The summed E-state index contributed by atoms with van der Waals surface area (Å²) in [6.45, 7) is 6.35. The van der Waals surface area contributed by atoms with Crippen LogP contribution in [0.5, 0.6) is 5.75 Å². The highest BCUT2D eigenvalue weighted by Gasteiger charge is 2.33. The molecule has 5 heteroatoms. The third-order valence-corrected chi connectivity index (χ3v) is 5.38. The lowest BCUT2D eigenvalue weighted by Crippen LogP contribution is -2.51. The molecule has 1 atom stereocenters. The fourth-order valence-corrected chi connectivity index (χ4v) is 3.95. The van der Waals surface area contributed by atoms with Crippen molar-refractivity contribution in [1.82, 2.24) is 9.80 Å². The first-order valence-corrected chi connectivity index (χ1v) is 9.48. The van der Waals surface area contributed by atoms with Crippen molar-refractivity contribution < 1.29 is 9.53 Å². The van der Waals surface area contributed by atoms with E-state index in [4.69, 9.17) is 16.3 Å². The number of carbonyl (C=O) groups excluding carboxylic acids is 1. The van der Waals surface area contributed by atoms with E-state index >= 15 is 0 Å². The molecule has 2 aromatic rings. The molecular weight excluding hydrogens is 348 g/mol. The zero-order valence-electron chi connectivity index (χ0n) is 15.0. The van der Waals surface area contributed by atoms with Crippen LogP contribution in [-0.2, 0) is 17.8 Å². The second kappa shape index (κ2) is 7.29. The predicted octanol–water partition coefficient (Wildman–Crippen LogP) is 3.30. The molecule has 0 radical (unpaired) electrons. The number of rotatable bonds is 3.